The van der Waals surface area contributed by atoms with Gasteiger partial charge in [-0.2, -0.15) is 0 Å². The fraction of sp³-hybridized carbons (Fsp3) is 0.214. The molecule has 20 heavy (non-hydrogen) atoms. The summed E-state index contributed by atoms with van der Waals surface area (Å²) in [5.41, 5.74) is 0.389. The van der Waals surface area contributed by atoms with Gasteiger partial charge < -0.3 is 9.88 Å². The summed E-state index contributed by atoms with van der Waals surface area (Å²) in [7, 11) is 0. The summed E-state index contributed by atoms with van der Waals surface area (Å²) in [4.78, 5) is 27.5. The van der Waals surface area contributed by atoms with Crippen molar-refractivity contribution in [2.24, 2.45) is 0 Å². The summed E-state index contributed by atoms with van der Waals surface area (Å²) in [6.07, 6.45) is 6.02. The molecule has 0 aliphatic carbocycles. The number of aryl methyl sites for hydroxylation is 1. The fourth-order valence-corrected chi connectivity index (χ4v) is 1.96. The lowest BCUT2D eigenvalue weighted by Crippen LogP contribution is -2.32. The van der Waals surface area contributed by atoms with Crippen molar-refractivity contribution in [3.63, 3.8) is 0 Å². The number of nitrogens with zero attached hydrogens (tertiary/aromatic N) is 2. The second kappa shape index (κ2) is 7.00. The zero-order valence-corrected chi connectivity index (χ0v) is 12.3. The maximum atomic E-state index is 11.8. The molecule has 0 bridgehead atoms. The van der Waals surface area contributed by atoms with E-state index in [1.54, 1.807) is 36.8 Å². The van der Waals surface area contributed by atoms with E-state index in [1.807, 2.05) is 10.8 Å². The number of benzene rings is 1. The first-order chi connectivity index (χ1) is 9.66. The summed E-state index contributed by atoms with van der Waals surface area (Å²) < 4.78 is 2.79. The van der Waals surface area contributed by atoms with Crippen molar-refractivity contribution in [1.82, 2.24) is 14.9 Å². The van der Waals surface area contributed by atoms with E-state index >= 15 is 0 Å². The highest BCUT2D eigenvalue weighted by Gasteiger charge is 2.14. The number of hydrogen-bond acceptors (Lipinski definition) is 3. The van der Waals surface area contributed by atoms with Crippen molar-refractivity contribution >= 4 is 27.6 Å². The van der Waals surface area contributed by atoms with Crippen LogP contribution in [-0.4, -0.2) is 27.8 Å². The maximum Gasteiger partial charge on any atom is 0.292 e. The van der Waals surface area contributed by atoms with Gasteiger partial charge in [-0.3, -0.25) is 9.59 Å². The number of halogens is 1. The van der Waals surface area contributed by atoms with E-state index in [9.17, 15) is 9.59 Å². The quantitative estimate of drug-likeness (QED) is 0.499. The van der Waals surface area contributed by atoms with Gasteiger partial charge in [-0.25, -0.2) is 4.98 Å². The lowest BCUT2D eigenvalue weighted by molar-refractivity contribution is -0.117. The average molecular weight is 336 g/mol. The SMILES string of the molecule is O=C(NCCCn1ccnc1)C(=O)c1ccc(Br)cc1. The number of Topliss-reactive ketones (excluding diaryl/α,β-unsaturated/α-hetero) is 1. The van der Waals surface area contributed by atoms with Crippen molar-refractivity contribution in [2.45, 2.75) is 13.0 Å². The number of aromatic nitrogens is 2. The Bertz CT molecular complexity index is 579. The highest BCUT2D eigenvalue weighted by atomic mass is 79.9. The molecule has 5 nitrogen and oxygen atoms in total. The molecule has 0 aliphatic heterocycles. The van der Waals surface area contributed by atoms with Crippen LogP contribution < -0.4 is 5.32 Å². The highest BCUT2D eigenvalue weighted by molar-refractivity contribution is 9.10. The number of carbonyl (C=O) groups is 2. The van der Waals surface area contributed by atoms with Crippen LogP contribution in [0.5, 0.6) is 0 Å². The Morgan fingerprint density at radius 1 is 1.25 bits per heavy atom. The number of amides is 1. The monoisotopic (exact) mass is 335 g/mol. The van der Waals surface area contributed by atoms with Crippen molar-refractivity contribution in [3.05, 3.63) is 53.0 Å². The van der Waals surface area contributed by atoms with Gasteiger partial charge in [-0.1, -0.05) is 15.9 Å². The lowest BCUT2D eigenvalue weighted by atomic mass is 10.1. The summed E-state index contributed by atoms with van der Waals surface area (Å²) in [6.45, 7) is 1.21. The zero-order chi connectivity index (χ0) is 14.4. The topological polar surface area (TPSA) is 64.0 Å². The van der Waals surface area contributed by atoms with Crippen LogP contribution >= 0.6 is 15.9 Å². The lowest BCUT2D eigenvalue weighted by Gasteiger charge is -2.05. The van der Waals surface area contributed by atoms with Crippen LogP contribution in [0.2, 0.25) is 0 Å². The molecule has 6 heteroatoms. The van der Waals surface area contributed by atoms with Gasteiger partial charge >= 0.3 is 0 Å². The molecule has 1 heterocycles. The van der Waals surface area contributed by atoms with E-state index in [0.29, 0.717) is 12.1 Å². The molecular formula is C14H14BrN3O2. The first-order valence-electron chi connectivity index (χ1n) is 6.20. The van der Waals surface area contributed by atoms with Crippen LogP contribution in [0.15, 0.2) is 47.5 Å². The van der Waals surface area contributed by atoms with Crippen LogP contribution in [0, 0.1) is 0 Å². The Hall–Kier alpha value is -1.95. The summed E-state index contributed by atoms with van der Waals surface area (Å²) in [5, 5.41) is 2.62. The molecule has 0 atom stereocenters. The van der Waals surface area contributed by atoms with E-state index in [4.69, 9.17) is 0 Å². The van der Waals surface area contributed by atoms with Gasteiger partial charge in [-0.05, 0) is 30.7 Å². The van der Waals surface area contributed by atoms with E-state index in [0.717, 1.165) is 17.4 Å². The van der Waals surface area contributed by atoms with Crippen molar-refractivity contribution in [3.8, 4) is 0 Å². The molecule has 2 aromatic rings. The molecule has 0 saturated heterocycles. The first-order valence-corrected chi connectivity index (χ1v) is 7.00. The third-order valence-corrected chi connectivity index (χ3v) is 3.28. The molecule has 1 amide bonds. The van der Waals surface area contributed by atoms with Crippen molar-refractivity contribution < 1.29 is 9.59 Å². The van der Waals surface area contributed by atoms with Gasteiger partial charge in [0, 0.05) is 35.5 Å². The molecule has 104 valence electrons. The van der Waals surface area contributed by atoms with Gasteiger partial charge in [0.25, 0.3) is 5.91 Å². The Labute approximate surface area is 125 Å². The predicted molar refractivity (Wildman–Crippen MR) is 78.3 cm³/mol. The minimum absolute atomic E-state index is 0.389. The zero-order valence-electron chi connectivity index (χ0n) is 10.8. The summed E-state index contributed by atoms with van der Waals surface area (Å²) in [6, 6.07) is 6.72. The molecule has 0 saturated carbocycles. The molecule has 2 rings (SSSR count). The van der Waals surface area contributed by atoms with Crippen LogP contribution in [0.3, 0.4) is 0 Å². The third kappa shape index (κ3) is 4.03. The molecule has 0 unspecified atom stereocenters. The van der Waals surface area contributed by atoms with E-state index < -0.39 is 11.7 Å². The Morgan fingerprint density at radius 2 is 2.00 bits per heavy atom. The second-order valence-corrected chi connectivity index (χ2v) is 5.16. The molecule has 1 aromatic carbocycles. The molecular weight excluding hydrogens is 322 g/mol. The minimum atomic E-state index is -0.571. The van der Waals surface area contributed by atoms with Gasteiger partial charge in [0.15, 0.2) is 0 Å². The predicted octanol–water partition coefficient (Wildman–Crippen LogP) is 2.03. The fourth-order valence-electron chi connectivity index (χ4n) is 1.70. The first kappa shape index (κ1) is 14.5. The normalized spacial score (nSPS) is 10.2. The Balaban J connectivity index is 1.76. The number of hydrogen-bond donors (Lipinski definition) is 1. The van der Waals surface area contributed by atoms with Crippen LogP contribution in [0.1, 0.15) is 16.8 Å². The second-order valence-electron chi connectivity index (χ2n) is 4.25. The summed E-state index contributed by atoms with van der Waals surface area (Å²) in [5.74, 6) is -1.09. The Kier molecular flexibility index (Phi) is 5.06. The standard InChI is InChI=1S/C14H14BrN3O2/c15-12-4-2-11(3-5-12)13(19)14(20)17-6-1-8-18-9-7-16-10-18/h2-5,7,9-10H,1,6,8H2,(H,17,20). The third-order valence-electron chi connectivity index (χ3n) is 2.75. The molecule has 0 aliphatic rings. The Morgan fingerprint density at radius 3 is 2.65 bits per heavy atom. The van der Waals surface area contributed by atoms with Gasteiger partial charge in [0.2, 0.25) is 5.78 Å². The molecule has 0 radical (unpaired) electrons. The van der Waals surface area contributed by atoms with Gasteiger partial charge in [-0.15, -0.1) is 0 Å². The van der Waals surface area contributed by atoms with Crippen LogP contribution in [0.25, 0.3) is 0 Å². The largest absolute Gasteiger partial charge is 0.349 e. The average Bonchev–Trinajstić information content (AvgIpc) is 2.96. The van der Waals surface area contributed by atoms with Gasteiger partial charge in [0.05, 0.1) is 6.33 Å². The molecule has 0 fully saturated rings. The van der Waals surface area contributed by atoms with E-state index in [1.165, 1.54) is 0 Å². The van der Waals surface area contributed by atoms with E-state index in [-0.39, 0.29) is 0 Å². The number of carbonyl (C=O) groups excluding carboxylic acids is 2. The van der Waals surface area contributed by atoms with E-state index in [2.05, 4.69) is 26.2 Å². The van der Waals surface area contributed by atoms with Crippen LogP contribution in [0.4, 0.5) is 0 Å². The minimum Gasteiger partial charge on any atom is -0.349 e. The maximum absolute atomic E-state index is 11.8. The van der Waals surface area contributed by atoms with Gasteiger partial charge in [0.1, 0.15) is 0 Å². The number of nitrogens with one attached hydrogen (secondary N) is 1. The number of rotatable bonds is 6. The molecule has 0 spiro atoms. The smallest absolute Gasteiger partial charge is 0.292 e. The highest BCUT2D eigenvalue weighted by Crippen LogP contribution is 2.10. The molecule has 1 N–H and O–H groups in total. The van der Waals surface area contributed by atoms with Crippen LogP contribution in [-0.2, 0) is 11.3 Å². The van der Waals surface area contributed by atoms with Crippen molar-refractivity contribution in [2.75, 3.05) is 6.54 Å². The summed E-state index contributed by atoms with van der Waals surface area (Å²) >= 11 is 3.28. The van der Waals surface area contributed by atoms with Crippen molar-refractivity contribution in [1.29, 1.82) is 0 Å². The number of imidazole rings is 1. The number of ketones is 1. The molecule has 1 aromatic heterocycles.